The van der Waals surface area contributed by atoms with Crippen molar-refractivity contribution in [2.24, 2.45) is 10.9 Å². The quantitative estimate of drug-likeness (QED) is 0.321. The second kappa shape index (κ2) is 12.7. The predicted molar refractivity (Wildman–Crippen MR) is 123 cm³/mol. The van der Waals surface area contributed by atoms with E-state index in [9.17, 15) is 0 Å². The van der Waals surface area contributed by atoms with E-state index in [2.05, 4.69) is 38.4 Å². The van der Waals surface area contributed by atoms with E-state index in [1.807, 2.05) is 13.1 Å². The SMILES string of the molecule is CN=C(NCC(C)CN1CCOCC1)NCC(c1ccco1)N1CCCC1.I. The summed E-state index contributed by atoms with van der Waals surface area (Å²) in [7, 11) is 1.83. The molecule has 0 spiro atoms. The predicted octanol–water partition coefficient (Wildman–Crippen LogP) is 2.17. The van der Waals surface area contributed by atoms with E-state index < -0.39 is 0 Å². The van der Waals surface area contributed by atoms with Gasteiger partial charge in [0.1, 0.15) is 5.76 Å². The Morgan fingerprint density at radius 2 is 1.86 bits per heavy atom. The maximum atomic E-state index is 5.70. The molecule has 1 aromatic heterocycles. The second-order valence-electron chi connectivity index (χ2n) is 7.63. The first-order valence-electron chi connectivity index (χ1n) is 10.3. The van der Waals surface area contributed by atoms with Gasteiger partial charge in [0.05, 0.1) is 25.5 Å². The van der Waals surface area contributed by atoms with Crippen LogP contribution in [0.4, 0.5) is 0 Å². The number of furan rings is 1. The van der Waals surface area contributed by atoms with Crippen molar-refractivity contribution in [1.82, 2.24) is 20.4 Å². The van der Waals surface area contributed by atoms with Gasteiger partial charge in [0.2, 0.25) is 0 Å². The molecule has 28 heavy (non-hydrogen) atoms. The molecule has 0 saturated carbocycles. The van der Waals surface area contributed by atoms with E-state index in [1.54, 1.807) is 6.26 Å². The molecule has 2 fully saturated rings. The van der Waals surface area contributed by atoms with Crippen molar-refractivity contribution in [2.45, 2.75) is 25.8 Å². The Balaban J connectivity index is 0.00000280. The molecular formula is C20H36IN5O2. The van der Waals surface area contributed by atoms with Gasteiger partial charge in [-0.05, 0) is 44.0 Å². The van der Waals surface area contributed by atoms with Gasteiger partial charge in [0, 0.05) is 39.8 Å². The Labute approximate surface area is 186 Å². The Morgan fingerprint density at radius 3 is 2.50 bits per heavy atom. The molecule has 0 aromatic carbocycles. The molecule has 2 unspecified atom stereocenters. The van der Waals surface area contributed by atoms with Gasteiger partial charge >= 0.3 is 0 Å². The summed E-state index contributed by atoms with van der Waals surface area (Å²) in [4.78, 5) is 9.38. The Kier molecular flexibility index (Phi) is 10.6. The number of nitrogens with zero attached hydrogens (tertiary/aromatic N) is 3. The number of hydrogen-bond acceptors (Lipinski definition) is 5. The zero-order chi connectivity index (χ0) is 18.9. The van der Waals surface area contributed by atoms with Crippen LogP contribution in [0.5, 0.6) is 0 Å². The van der Waals surface area contributed by atoms with E-state index >= 15 is 0 Å². The summed E-state index contributed by atoms with van der Waals surface area (Å²) < 4.78 is 11.1. The van der Waals surface area contributed by atoms with Crippen molar-refractivity contribution in [2.75, 3.05) is 66.1 Å². The summed E-state index contributed by atoms with van der Waals surface area (Å²) in [5, 5.41) is 6.98. The van der Waals surface area contributed by atoms with E-state index in [0.29, 0.717) is 5.92 Å². The highest BCUT2D eigenvalue weighted by Crippen LogP contribution is 2.24. The number of rotatable bonds is 8. The number of guanidine groups is 1. The van der Waals surface area contributed by atoms with Crippen molar-refractivity contribution in [3.05, 3.63) is 24.2 Å². The highest BCUT2D eigenvalue weighted by Gasteiger charge is 2.25. The summed E-state index contributed by atoms with van der Waals surface area (Å²) >= 11 is 0. The smallest absolute Gasteiger partial charge is 0.191 e. The molecule has 0 aliphatic carbocycles. The lowest BCUT2D eigenvalue weighted by atomic mass is 10.1. The van der Waals surface area contributed by atoms with Gasteiger partial charge in [0.25, 0.3) is 0 Å². The molecule has 1 aromatic rings. The molecule has 7 nitrogen and oxygen atoms in total. The second-order valence-corrected chi connectivity index (χ2v) is 7.63. The van der Waals surface area contributed by atoms with Crippen LogP contribution in [-0.2, 0) is 4.74 Å². The van der Waals surface area contributed by atoms with Gasteiger partial charge in [-0.3, -0.25) is 14.8 Å². The van der Waals surface area contributed by atoms with Crippen molar-refractivity contribution >= 4 is 29.9 Å². The van der Waals surface area contributed by atoms with Crippen LogP contribution >= 0.6 is 24.0 Å². The molecule has 0 bridgehead atoms. The van der Waals surface area contributed by atoms with Gasteiger partial charge in [-0.25, -0.2) is 0 Å². The Bertz CT molecular complexity index is 557. The average molecular weight is 505 g/mol. The van der Waals surface area contributed by atoms with Crippen LogP contribution in [-0.4, -0.2) is 81.8 Å². The third-order valence-corrected chi connectivity index (χ3v) is 5.43. The zero-order valence-corrected chi connectivity index (χ0v) is 19.6. The molecular weight excluding hydrogens is 469 g/mol. The number of morpholine rings is 1. The van der Waals surface area contributed by atoms with Crippen LogP contribution in [0.2, 0.25) is 0 Å². The number of likely N-dealkylation sites (tertiary alicyclic amines) is 1. The van der Waals surface area contributed by atoms with Gasteiger partial charge in [-0.15, -0.1) is 24.0 Å². The first kappa shape index (κ1) is 23.4. The number of halogens is 1. The number of hydrogen-bond donors (Lipinski definition) is 2. The maximum absolute atomic E-state index is 5.70. The Morgan fingerprint density at radius 1 is 1.14 bits per heavy atom. The highest BCUT2D eigenvalue weighted by molar-refractivity contribution is 14.0. The van der Waals surface area contributed by atoms with Gasteiger partial charge in [-0.1, -0.05) is 6.92 Å². The molecule has 2 aliphatic heterocycles. The Hall–Kier alpha value is -0.840. The van der Waals surface area contributed by atoms with Crippen molar-refractivity contribution in [1.29, 1.82) is 0 Å². The number of nitrogens with one attached hydrogen (secondary N) is 2. The third-order valence-electron chi connectivity index (χ3n) is 5.43. The minimum atomic E-state index is 0. The first-order chi connectivity index (χ1) is 13.3. The summed E-state index contributed by atoms with van der Waals surface area (Å²) in [5.41, 5.74) is 0. The van der Waals surface area contributed by atoms with E-state index in [0.717, 1.165) is 70.7 Å². The molecule has 2 aliphatic rings. The number of ether oxygens (including phenoxy) is 1. The van der Waals surface area contributed by atoms with Crippen LogP contribution in [0.3, 0.4) is 0 Å². The molecule has 0 radical (unpaired) electrons. The van der Waals surface area contributed by atoms with Gasteiger partial charge < -0.3 is 19.8 Å². The lowest BCUT2D eigenvalue weighted by molar-refractivity contribution is 0.0320. The summed E-state index contributed by atoms with van der Waals surface area (Å²) in [6, 6.07) is 4.30. The van der Waals surface area contributed by atoms with Crippen molar-refractivity contribution in [3.63, 3.8) is 0 Å². The van der Waals surface area contributed by atoms with E-state index in [4.69, 9.17) is 9.15 Å². The minimum absolute atomic E-state index is 0. The molecule has 160 valence electrons. The monoisotopic (exact) mass is 505 g/mol. The normalized spacial score (nSPS) is 21.1. The van der Waals surface area contributed by atoms with Crippen LogP contribution in [0.25, 0.3) is 0 Å². The standard InChI is InChI=1S/C20H35N5O2.HI/c1-17(16-24-9-12-26-13-10-24)14-22-20(21-2)23-15-18(19-6-5-11-27-19)25-7-3-4-8-25;/h5-6,11,17-18H,3-4,7-10,12-16H2,1-2H3,(H2,21,22,23);1H. The van der Waals surface area contributed by atoms with Crippen LogP contribution < -0.4 is 10.6 Å². The summed E-state index contributed by atoms with van der Waals surface area (Å²) in [6.45, 7) is 11.1. The fraction of sp³-hybridized carbons (Fsp3) is 0.750. The van der Waals surface area contributed by atoms with Crippen LogP contribution in [0.1, 0.15) is 31.6 Å². The van der Waals surface area contributed by atoms with Crippen molar-refractivity contribution < 1.29 is 9.15 Å². The molecule has 3 heterocycles. The molecule has 3 rings (SSSR count). The molecule has 2 N–H and O–H groups in total. The molecule has 2 atom stereocenters. The molecule has 8 heteroatoms. The van der Waals surface area contributed by atoms with Gasteiger partial charge in [-0.2, -0.15) is 0 Å². The highest BCUT2D eigenvalue weighted by atomic mass is 127. The molecule has 2 saturated heterocycles. The number of aliphatic imine (C=N–C) groups is 1. The summed E-state index contributed by atoms with van der Waals surface area (Å²) in [5.74, 6) is 2.45. The van der Waals surface area contributed by atoms with Gasteiger partial charge in [0.15, 0.2) is 5.96 Å². The van der Waals surface area contributed by atoms with E-state index in [1.165, 1.54) is 12.8 Å². The average Bonchev–Trinajstić information content (AvgIpc) is 3.40. The van der Waals surface area contributed by atoms with Crippen LogP contribution in [0, 0.1) is 5.92 Å². The topological polar surface area (TPSA) is 65.3 Å². The zero-order valence-electron chi connectivity index (χ0n) is 17.2. The lowest BCUT2D eigenvalue weighted by Crippen LogP contribution is -2.45. The third kappa shape index (κ3) is 7.20. The minimum Gasteiger partial charge on any atom is -0.468 e. The van der Waals surface area contributed by atoms with Crippen molar-refractivity contribution in [3.8, 4) is 0 Å². The fourth-order valence-corrected chi connectivity index (χ4v) is 3.92. The van der Waals surface area contributed by atoms with E-state index in [-0.39, 0.29) is 30.0 Å². The summed E-state index contributed by atoms with van der Waals surface area (Å²) in [6.07, 6.45) is 4.30. The largest absolute Gasteiger partial charge is 0.468 e. The van der Waals surface area contributed by atoms with Crippen LogP contribution in [0.15, 0.2) is 27.8 Å². The lowest BCUT2D eigenvalue weighted by Gasteiger charge is -2.29. The maximum Gasteiger partial charge on any atom is 0.191 e. The first-order valence-corrected chi connectivity index (χ1v) is 10.3. The fourth-order valence-electron chi connectivity index (χ4n) is 3.92. The molecule has 0 amide bonds.